The number of nitrogens with zero attached hydrogens (tertiary/aromatic N) is 4. The van der Waals surface area contributed by atoms with Gasteiger partial charge in [-0.2, -0.15) is 0 Å². The SMILES string of the molecule is CC(Sc1nnnn1C1CC1)C(=O)Nc1ccccc1Sc1ccccc1. The molecule has 1 N–H and O–H groups in total. The Kier molecular flexibility index (Phi) is 5.45. The van der Waals surface area contributed by atoms with Crippen LogP contribution in [-0.4, -0.2) is 31.4 Å². The summed E-state index contributed by atoms with van der Waals surface area (Å²) in [4.78, 5) is 14.9. The van der Waals surface area contributed by atoms with Crippen molar-refractivity contribution in [1.82, 2.24) is 20.2 Å². The van der Waals surface area contributed by atoms with Crippen molar-refractivity contribution in [2.45, 2.75) is 46.0 Å². The van der Waals surface area contributed by atoms with Gasteiger partial charge in [0.05, 0.1) is 17.0 Å². The second-order valence-corrected chi connectivity index (χ2v) is 8.72. The Morgan fingerprint density at radius 2 is 1.89 bits per heavy atom. The summed E-state index contributed by atoms with van der Waals surface area (Å²) in [6.45, 7) is 1.87. The smallest absolute Gasteiger partial charge is 0.237 e. The summed E-state index contributed by atoms with van der Waals surface area (Å²) >= 11 is 3.02. The van der Waals surface area contributed by atoms with Crippen LogP contribution in [0.25, 0.3) is 0 Å². The van der Waals surface area contributed by atoms with Crippen LogP contribution in [-0.2, 0) is 4.79 Å². The molecule has 1 aromatic heterocycles. The van der Waals surface area contributed by atoms with Gasteiger partial charge in [-0.1, -0.05) is 53.9 Å². The lowest BCUT2D eigenvalue weighted by atomic mass is 10.3. The zero-order valence-electron chi connectivity index (χ0n) is 14.8. The molecule has 3 aromatic rings. The maximum Gasteiger partial charge on any atom is 0.237 e. The third-order valence-electron chi connectivity index (χ3n) is 4.12. The molecule has 1 unspecified atom stereocenters. The fourth-order valence-electron chi connectivity index (χ4n) is 2.53. The summed E-state index contributed by atoms with van der Waals surface area (Å²) < 4.78 is 1.83. The molecule has 8 heteroatoms. The fourth-order valence-corrected chi connectivity index (χ4v) is 4.31. The highest BCUT2D eigenvalue weighted by molar-refractivity contribution is 8.00. The molecule has 2 aromatic carbocycles. The van der Waals surface area contributed by atoms with E-state index in [1.807, 2.05) is 54.1 Å². The Labute approximate surface area is 166 Å². The highest BCUT2D eigenvalue weighted by Gasteiger charge is 2.29. The third-order valence-corrected chi connectivity index (χ3v) is 6.25. The van der Waals surface area contributed by atoms with Crippen LogP contribution < -0.4 is 5.32 Å². The summed E-state index contributed by atoms with van der Waals surface area (Å²) in [6, 6.07) is 18.3. The molecule has 0 aliphatic heterocycles. The second kappa shape index (κ2) is 8.14. The lowest BCUT2D eigenvalue weighted by molar-refractivity contribution is -0.115. The molecule has 0 spiro atoms. The standard InChI is InChI=1S/C19H19N5OS2/c1-13(26-19-21-22-23-24(19)14-11-12-14)18(25)20-16-9-5-6-10-17(16)27-15-7-3-2-4-8-15/h2-10,13-14H,11-12H2,1H3,(H,20,25). The van der Waals surface area contributed by atoms with Crippen molar-refractivity contribution in [3.63, 3.8) is 0 Å². The average Bonchev–Trinajstić information content (AvgIpc) is 3.43. The van der Waals surface area contributed by atoms with Crippen LogP contribution in [0.15, 0.2) is 69.5 Å². The molecule has 138 valence electrons. The molecule has 1 amide bonds. The van der Waals surface area contributed by atoms with Gasteiger partial charge in [0.1, 0.15) is 0 Å². The van der Waals surface area contributed by atoms with Crippen molar-refractivity contribution in [3.8, 4) is 0 Å². The monoisotopic (exact) mass is 397 g/mol. The number of amides is 1. The van der Waals surface area contributed by atoms with E-state index in [4.69, 9.17) is 0 Å². The normalized spacial score (nSPS) is 14.7. The number of rotatable bonds is 7. The first kappa shape index (κ1) is 18.1. The number of aromatic nitrogens is 4. The van der Waals surface area contributed by atoms with Crippen molar-refractivity contribution in [2.75, 3.05) is 5.32 Å². The van der Waals surface area contributed by atoms with Crippen LogP contribution in [0.3, 0.4) is 0 Å². The van der Waals surface area contributed by atoms with Crippen molar-refractivity contribution in [1.29, 1.82) is 0 Å². The molecule has 1 fully saturated rings. The van der Waals surface area contributed by atoms with Crippen LogP contribution in [0.1, 0.15) is 25.8 Å². The van der Waals surface area contributed by atoms with Gasteiger partial charge in [-0.25, -0.2) is 4.68 Å². The minimum absolute atomic E-state index is 0.0635. The lowest BCUT2D eigenvalue weighted by Crippen LogP contribution is -2.23. The van der Waals surface area contributed by atoms with E-state index in [9.17, 15) is 4.79 Å². The maximum absolute atomic E-state index is 12.7. The molecule has 1 heterocycles. The first-order chi connectivity index (χ1) is 13.2. The van der Waals surface area contributed by atoms with Gasteiger partial charge in [-0.3, -0.25) is 4.79 Å². The number of nitrogens with one attached hydrogen (secondary N) is 1. The van der Waals surface area contributed by atoms with Crippen molar-refractivity contribution in [2.24, 2.45) is 0 Å². The molecule has 1 aliphatic carbocycles. The average molecular weight is 398 g/mol. The molecule has 1 aliphatic rings. The molecule has 27 heavy (non-hydrogen) atoms. The first-order valence-corrected chi connectivity index (χ1v) is 10.5. The molecule has 0 bridgehead atoms. The summed E-state index contributed by atoms with van der Waals surface area (Å²) in [5.74, 6) is -0.0635. The first-order valence-electron chi connectivity index (χ1n) is 8.78. The number of carbonyl (C=O) groups excluding carboxylic acids is 1. The van der Waals surface area contributed by atoms with E-state index in [1.54, 1.807) is 11.8 Å². The van der Waals surface area contributed by atoms with E-state index in [2.05, 4.69) is 33.0 Å². The molecule has 0 saturated heterocycles. The van der Waals surface area contributed by atoms with E-state index in [1.165, 1.54) is 11.8 Å². The van der Waals surface area contributed by atoms with E-state index in [0.717, 1.165) is 28.3 Å². The summed E-state index contributed by atoms with van der Waals surface area (Å²) in [5.41, 5.74) is 0.811. The largest absolute Gasteiger partial charge is 0.324 e. The Bertz CT molecular complexity index is 927. The Balaban J connectivity index is 1.43. The van der Waals surface area contributed by atoms with E-state index < -0.39 is 0 Å². The van der Waals surface area contributed by atoms with Gasteiger partial charge in [-0.05, 0) is 54.5 Å². The minimum atomic E-state index is -0.303. The van der Waals surface area contributed by atoms with Crippen LogP contribution in [0.2, 0.25) is 0 Å². The molecule has 4 rings (SSSR count). The highest BCUT2D eigenvalue weighted by Crippen LogP contribution is 2.37. The molecular formula is C19H19N5OS2. The molecule has 1 atom stereocenters. The van der Waals surface area contributed by atoms with Crippen LogP contribution >= 0.6 is 23.5 Å². The molecule has 6 nitrogen and oxygen atoms in total. The summed E-state index contributed by atoms with van der Waals surface area (Å²) in [7, 11) is 0. The van der Waals surface area contributed by atoms with Crippen molar-refractivity contribution in [3.05, 3.63) is 54.6 Å². The van der Waals surface area contributed by atoms with Gasteiger partial charge < -0.3 is 5.32 Å². The number of benzene rings is 2. The summed E-state index contributed by atoms with van der Waals surface area (Å²) in [6.07, 6.45) is 2.20. The molecule has 0 radical (unpaired) electrons. The van der Waals surface area contributed by atoms with E-state index in [-0.39, 0.29) is 11.2 Å². The zero-order valence-corrected chi connectivity index (χ0v) is 16.4. The van der Waals surface area contributed by atoms with Crippen LogP contribution in [0.4, 0.5) is 5.69 Å². The van der Waals surface area contributed by atoms with Crippen LogP contribution in [0.5, 0.6) is 0 Å². The summed E-state index contributed by atoms with van der Waals surface area (Å²) in [5, 5.41) is 15.3. The van der Waals surface area contributed by atoms with Gasteiger partial charge in [0.15, 0.2) is 0 Å². The minimum Gasteiger partial charge on any atom is -0.324 e. The second-order valence-electron chi connectivity index (χ2n) is 6.30. The number of anilines is 1. The fraction of sp³-hybridized carbons (Fsp3) is 0.263. The number of hydrogen-bond donors (Lipinski definition) is 1. The quantitative estimate of drug-likeness (QED) is 0.600. The van der Waals surface area contributed by atoms with Crippen molar-refractivity contribution >= 4 is 35.1 Å². The Morgan fingerprint density at radius 1 is 1.15 bits per heavy atom. The van der Waals surface area contributed by atoms with E-state index in [0.29, 0.717) is 11.2 Å². The lowest BCUT2D eigenvalue weighted by Gasteiger charge is -2.14. The molecule has 1 saturated carbocycles. The molecular weight excluding hydrogens is 378 g/mol. The number of hydrogen-bond acceptors (Lipinski definition) is 6. The number of para-hydroxylation sites is 1. The van der Waals surface area contributed by atoms with Crippen molar-refractivity contribution < 1.29 is 4.79 Å². The van der Waals surface area contributed by atoms with Crippen LogP contribution in [0, 0.1) is 0 Å². The number of carbonyl (C=O) groups is 1. The number of tetrazole rings is 1. The topological polar surface area (TPSA) is 72.7 Å². The zero-order chi connectivity index (χ0) is 18.6. The van der Waals surface area contributed by atoms with Gasteiger partial charge in [0.2, 0.25) is 11.1 Å². The number of thioether (sulfide) groups is 1. The highest BCUT2D eigenvalue weighted by atomic mass is 32.2. The Morgan fingerprint density at radius 3 is 2.67 bits per heavy atom. The third kappa shape index (κ3) is 4.51. The van der Waals surface area contributed by atoms with Gasteiger partial charge >= 0.3 is 0 Å². The predicted molar refractivity (Wildman–Crippen MR) is 107 cm³/mol. The predicted octanol–water partition coefficient (Wildman–Crippen LogP) is 4.28. The van der Waals surface area contributed by atoms with Gasteiger partial charge in [0, 0.05) is 9.79 Å². The Hall–Kier alpha value is -2.32. The maximum atomic E-state index is 12.7. The van der Waals surface area contributed by atoms with Gasteiger partial charge in [-0.15, -0.1) is 5.10 Å². The van der Waals surface area contributed by atoms with Gasteiger partial charge in [0.25, 0.3) is 0 Å². The van der Waals surface area contributed by atoms with E-state index >= 15 is 0 Å².